The van der Waals surface area contributed by atoms with Crippen LogP contribution < -0.4 is 0 Å². The average molecular weight is 594 g/mol. The normalized spacial score (nSPS) is 15.0. The molecular formula is C33H39NO7S. The smallest absolute Gasteiger partial charge is 0.353 e. The third-order valence-electron chi connectivity index (χ3n) is 7.62. The van der Waals surface area contributed by atoms with E-state index >= 15 is 0 Å². The molecule has 1 aliphatic heterocycles. The molecule has 224 valence electrons. The van der Waals surface area contributed by atoms with Gasteiger partial charge in [-0.15, -0.1) is 0 Å². The summed E-state index contributed by atoms with van der Waals surface area (Å²) in [7, 11) is -3.92. The first-order valence-corrected chi connectivity index (χ1v) is 16.1. The fourth-order valence-electron chi connectivity index (χ4n) is 5.06. The molecule has 0 aromatic heterocycles. The summed E-state index contributed by atoms with van der Waals surface area (Å²) in [6.45, 7) is 5.89. The van der Waals surface area contributed by atoms with Gasteiger partial charge in [0.15, 0.2) is 5.78 Å². The molecule has 0 N–H and O–H groups in total. The van der Waals surface area contributed by atoms with Crippen LogP contribution in [0.1, 0.15) is 72.7 Å². The molecule has 1 heterocycles. The zero-order valence-corrected chi connectivity index (χ0v) is 25.2. The molecular weight excluding hydrogens is 554 g/mol. The Morgan fingerprint density at radius 2 is 1.43 bits per heavy atom. The molecule has 1 saturated heterocycles. The lowest BCUT2D eigenvalue weighted by Crippen LogP contribution is -2.38. The molecule has 0 amide bonds. The van der Waals surface area contributed by atoms with Crippen molar-refractivity contribution in [1.82, 2.24) is 4.90 Å². The van der Waals surface area contributed by atoms with Crippen molar-refractivity contribution in [2.45, 2.75) is 57.2 Å². The molecule has 0 unspecified atom stereocenters. The number of hydrogen-bond donors (Lipinski definition) is 0. The second kappa shape index (κ2) is 14.2. The highest BCUT2D eigenvalue weighted by atomic mass is 32.2. The highest BCUT2D eigenvalue weighted by molar-refractivity contribution is 7.85. The number of rotatable bonds is 13. The van der Waals surface area contributed by atoms with Crippen LogP contribution in [0.3, 0.4) is 0 Å². The topological polar surface area (TPSA) is 99.2 Å². The summed E-state index contributed by atoms with van der Waals surface area (Å²) in [4.78, 5) is 32.0. The van der Waals surface area contributed by atoms with E-state index in [-0.39, 0.29) is 18.0 Å². The van der Waals surface area contributed by atoms with Crippen molar-refractivity contribution in [1.29, 1.82) is 0 Å². The number of ether oxygens (including phenoxy) is 1. The van der Waals surface area contributed by atoms with Crippen LogP contribution in [0.4, 0.5) is 0 Å². The molecule has 0 atom stereocenters. The maximum Gasteiger partial charge on any atom is 0.353 e. The van der Waals surface area contributed by atoms with Gasteiger partial charge in [0.2, 0.25) is 0 Å². The molecule has 42 heavy (non-hydrogen) atoms. The SMILES string of the molecule is CC(C)(C(=O)OOS(C)(=O)=O)c1ccc(C(=O)CCCN2CCC(OC(c3ccccc3)c3ccccc3)CC2)cc1. The Morgan fingerprint density at radius 3 is 1.95 bits per heavy atom. The Hall–Kier alpha value is -3.37. The second-order valence-electron chi connectivity index (χ2n) is 11.3. The number of likely N-dealkylation sites (tertiary alicyclic amines) is 1. The number of hydrogen-bond acceptors (Lipinski definition) is 8. The molecule has 0 radical (unpaired) electrons. The predicted octanol–water partition coefficient (Wildman–Crippen LogP) is 5.63. The lowest BCUT2D eigenvalue weighted by molar-refractivity contribution is -0.216. The second-order valence-corrected chi connectivity index (χ2v) is 12.8. The van der Waals surface area contributed by atoms with Gasteiger partial charge in [-0.1, -0.05) is 89.3 Å². The molecule has 9 heteroatoms. The highest BCUT2D eigenvalue weighted by Crippen LogP contribution is 2.30. The summed E-state index contributed by atoms with van der Waals surface area (Å²) in [6, 6.07) is 27.4. The van der Waals surface area contributed by atoms with E-state index in [1.807, 2.05) is 36.4 Å². The van der Waals surface area contributed by atoms with Gasteiger partial charge in [0, 0.05) is 25.1 Å². The number of benzene rings is 3. The Balaban J connectivity index is 1.22. The maximum atomic E-state index is 12.8. The molecule has 3 aromatic carbocycles. The van der Waals surface area contributed by atoms with Crippen LogP contribution in [0.5, 0.6) is 0 Å². The summed E-state index contributed by atoms with van der Waals surface area (Å²) in [5, 5.41) is 0. The predicted molar refractivity (Wildman–Crippen MR) is 160 cm³/mol. The molecule has 4 rings (SSSR count). The summed E-state index contributed by atoms with van der Waals surface area (Å²) in [5.41, 5.74) is 2.29. The minimum Gasteiger partial charge on any atom is -0.365 e. The van der Waals surface area contributed by atoms with Crippen LogP contribution in [0.2, 0.25) is 0 Å². The van der Waals surface area contributed by atoms with Gasteiger partial charge in [0.05, 0.1) is 17.8 Å². The number of ketones is 1. The first-order chi connectivity index (χ1) is 20.0. The first-order valence-electron chi connectivity index (χ1n) is 14.2. The standard InChI is InChI=1S/C33H39NO7S/c1-33(2,32(36)40-41-42(3,37)38)28-18-16-25(17-19-28)30(35)15-10-22-34-23-20-29(21-24-34)39-31(26-11-6-4-7-12-26)27-13-8-5-9-14-27/h4-9,11-14,16-19,29,31H,10,15,20-24H2,1-3H3. The zero-order valence-electron chi connectivity index (χ0n) is 24.4. The Labute approximate surface area is 248 Å². The number of nitrogens with zero attached hydrogens (tertiary/aromatic N) is 1. The summed E-state index contributed by atoms with van der Waals surface area (Å²) >= 11 is 0. The lowest BCUT2D eigenvalue weighted by atomic mass is 9.84. The van der Waals surface area contributed by atoms with E-state index in [2.05, 4.69) is 38.4 Å². The van der Waals surface area contributed by atoms with Crippen molar-refractivity contribution in [3.8, 4) is 0 Å². The molecule has 1 fully saturated rings. The van der Waals surface area contributed by atoms with Gasteiger partial charge < -0.3 is 9.64 Å². The Morgan fingerprint density at radius 1 is 0.881 bits per heavy atom. The Kier molecular flexibility index (Phi) is 10.7. The van der Waals surface area contributed by atoms with Crippen LogP contribution in [0.15, 0.2) is 84.9 Å². The van der Waals surface area contributed by atoms with Crippen molar-refractivity contribution in [2.75, 3.05) is 25.9 Å². The van der Waals surface area contributed by atoms with Crippen LogP contribution >= 0.6 is 0 Å². The van der Waals surface area contributed by atoms with E-state index in [0.29, 0.717) is 17.5 Å². The minimum absolute atomic E-state index is 0.0362. The molecule has 0 bridgehead atoms. The Bertz CT molecular complexity index is 1380. The van der Waals surface area contributed by atoms with Gasteiger partial charge in [-0.05, 0) is 56.3 Å². The van der Waals surface area contributed by atoms with Crippen LogP contribution in [0, 0.1) is 0 Å². The van der Waals surface area contributed by atoms with E-state index in [0.717, 1.165) is 56.3 Å². The van der Waals surface area contributed by atoms with Gasteiger partial charge >= 0.3 is 5.97 Å². The summed E-state index contributed by atoms with van der Waals surface area (Å²) in [5.74, 6) is -0.814. The van der Waals surface area contributed by atoms with Gasteiger partial charge in [-0.2, -0.15) is 8.42 Å². The third-order valence-corrected chi connectivity index (χ3v) is 7.93. The average Bonchev–Trinajstić information content (AvgIpc) is 3.00. The molecule has 0 saturated carbocycles. The van der Waals surface area contributed by atoms with Crippen LogP contribution in [-0.4, -0.2) is 57.1 Å². The fraction of sp³-hybridized carbons (Fsp3) is 0.394. The van der Waals surface area contributed by atoms with Gasteiger partial charge in [-0.25, -0.2) is 4.79 Å². The lowest BCUT2D eigenvalue weighted by Gasteiger charge is -2.34. The van der Waals surface area contributed by atoms with Crippen LogP contribution in [0.25, 0.3) is 0 Å². The minimum atomic E-state index is -3.92. The van der Waals surface area contributed by atoms with Crippen molar-refractivity contribution in [3.05, 3.63) is 107 Å². The fourth-order valence-corrected chi connectivity index (χ4v) is 5.25. The summed E-state index contributed by atoms with van der Waals surface area (Å²) in [6.07, 6.45) is 3.93. The number of piperidine rings is 1. The van der Waals surface area contributed by atoms with Crippen LogP contribution in [-0.2, 0) is 34.3 Å². The molecule has 0 aliphatic carbocycles. The highest BCUT2D eigenvalue weighted by Gasteiger charge is 2.34. The molecule has 8 nitrogen and oxygen atoms in total. The van der Waals surface area contributed by atoms with E-state index in [9.17, 15) is 18.0 Å². The molecule has 3 aromatic rings. The molecule has 0 spiro atoms. The van der Waals surface area contributed by atoms with E-state index in [1.54, 1.807) is 38.1 Å². The number of Topliss-reactive ketones (excluding diaryl/α,β-unsaturated/α-hetero) is 1. The monoisotopic (exact) mass is 593 g/mol. The zero-order chi connectivity index (χ0) is 30.2. The van der Waals surface area contributed by atoms with E-state index in [1.165, 1.54) is 0 Å². The van der Waals surface area contributed by atoms with Gasteiger partial charge in [0.25, 0.3) is 10.1 Å². The molecule has 1 aliphatic rings. The summed E-state index contributed by atoms with van der Waals surface area (Å²) < 4.78 is 33.0. The maximum absolute atomic E-state index is 12.8. The van der Waals surface area contributed by atoms with E-state index < -0.39 is 21.5 Å². The number of carbonyl (C=O) groups is 2. The number of carbonyl (C=O) groups excluding carboxylic acids is 2. The van der Waals surface area contributed by atoms with Crippen molar-refractivity contribution in [2.24, 2.45) is 0 Å². The quantitative estimate of drug-likeness (QED) is 0.143. The van der Waals surface area contributed by atoms with Gasteiger partial charge in [-0.3, -0.25) is 9.68 Å². The van der Waals surface area contributed by atoms with E-state index in [4.69, 9.17) is 4.74 Å². The van der Waals surface area contributed by atoms with Gasteiger partial charge in [0.1, 0.15) is 6.10 Å². The third kappa shape index (κ3) is 8.82. The largest absolute Gasteiger partial charge is 0.365 e. The van der Waals surface area contributed by atoms with Crippen molar-refractivity contribution < 1.29 is 32.0 Å². The van der Waals surface area contributed by atoms with Crippen molar-refractivity contribution >= 4 is 21.9 Å². The first kappa shape index (κ1) is 31.6. The van der Waals surface area contributed by atoms with Crippen molar-refractivity contribution in [3.63, 3.8) is 0 Å².